The van der Waals surface area contributed by atoms with Crippen molar-refractivity contribution in [1.82, 2.24) is 9.88 Å². The molecule has 0 bridgehead atoms. The monoisotopic (exact) mass is 361 g/mol. The summed E-state index contributed by atoms with van der Waals surface area (Å²) in [6.07, 6.45) is 4.40. The first-order valence-corrected chi connectivity index (χ1v) is 9.68. The van der Waals surface area contributed by atoms with Crippen LogP contribution in [0, 0.1) is 11.7 Å². The van der Waals surface area contributed by atoms with Crippen LogP contribution in [0.15, 0.2) is 24.3 Å². The lowest BCUT2D eigenvalue weighted by Crippen LogP contribution is -2.40. The van der Waals surface area contributed by atoms with Crippen LogP contribution in [0.2, 0.25) is 0 Å². The molecule has 1 unspecified atom stereocenters. The summed E-state index contributed by atoms with van der Waals surface area (Å²) in [5, 5.41) is 0.452. The number of hydrogen-bond donors (Lipinski definition) is 1. The van der Waals surface area contributed by atoms with Gasteiger partial charge in [0.25, 0.3) is 5.91 Å². The molecule has 0 aliphatic carbocycles. The number of carbonyl (C=O) groups is 1. The molecule has 2 aromatic rings. The Hall–Kier alpha value is -1.95. The first-order valence-electron chi connectivity index (χ1n) is 8.86. The van der Waals surface area contributed by atoms with Crippen LogP contribution in [0.1, 0.15) is 47.1 Å². The van der Waals surface area contributed by atoms with E-state index in [1.54, 1.807) is 6.07 Å². The molecule has 0 radical (unpaired) electrons. The molecule has 134 valence electrons. The van der Waals surface area contributed by atoms with Gasteiger partial charge in [-0.1, -0.05) is 36.5 Å². The molecule has 1 amide bonds. The standard InChI is InChI=1S/C19H24FN3OS/c1-2-16-17(25-19(21)22-16)18(24)23-11-5-6-13(12-23)9-10-14-7-3-4-8-15(14)20/h3-4,7-8,13H,2,5-6,9-12H2,1H3,(H2,21,22). The number of halogens is 1. The number of aromatic nitrogens is 1. The summed E-state index contributed by atoms with van der Waals surface area (Å²) in [4.78, 5) is 19.7. The molecule has 3 rings (SSSR count). The Bertz CT molecular complexity index is 746. The average Bonchev–Trinajstić information content (AvgIpc) is 3.01. The lowest BCUT2D eigenvalue weighted by atomic mass is 9.91. The van der Waals surface area contributed by atoms with Gasteiger partial charge in [-0.05, 0) is 49.7 Å². The molecule has 1 aromatic carbocycles. The van der Waals surface area contributed by atoms with Crippen LogP contribution in [-0.4, -0.2) is 28.9 Å². The number of rotatable bonds is 5. The molecule has 1 atom stereocenters. The van der Waals surface area contributed by atoms with Gasteiger partial charge in [-0.15, -0.1) is 0 Å². The average molecular weight is 361 g/mol. The maximum Gasteiger partial charge on any atom is 0.265 e. The number of hydrogen-bond acceptors (Lipinski definition) is 4. The Balaban J connectivity index is 1.62. The Kier molecular flexibility index (Phi) is 5.68. The topological polar surface area (TPSA) is 59.2 Å². The fraction of sp³-hybridized carbons (Fsp3) is 0.474. The summed E-state index contributed by atoms with van der Waals surface area (Å²) >= 11 is 1.28. The first-order chi connectivity index (χ1) is 12.1. The lowest BCUT2D eigenvalue weighted by Gasteiger charge is -2.32. The van der Waals surface area contributed by atoms with E-state index in [1.807, 2.05) is 24.0 Å². The SMILES string of the molecule is CCc1nc(N)sc1C(=O)N1CCCC(CCc2ccccc2F)C1. The number of likely N-dealkylation sites (tertiary alicyclic amines) is 1. The summed E-state index contributed by atoms with van der Waals surface area (Å²) in [6, 6.07) is 6.93. The van der Waals surface area contributed by atoms with E-state index in [1.165, 1.54) is 17.4 Å². The van der Waals surface area contributed by atoms with Gasteiger partial charge < -0.3 is 10.6 Å². The highest BCUT2D eigenvalue weighted by Gasteiger charge is 2.27. The second-order valence-corrected chi connectivity index (χ2v) is 7.60. The van der Waals surface area contributed by atoms with E-state index >= 15 is 0 Å². The molecular formula is C19H24FN3OS. The van der Waals surface area contributed by atoms with E-state index in [2.05, 4.69) is 4.98 Å². The maximum atomic E-state index is 13.8. The number of aryl methyl sites for hydroxylation is 2. The summed E-state index contributed by atoms with van der Waals surface area (Å²) in [5.41, 5.74) is 7.33. The second-order valence-electron chi connectivity index (χ2n) is 6.57. The van der Waals surface area contributed by atoms with Gasteiger partial charge in [-0.25, -0.2) is 9.37 Å². The van der Waals surface area contributed by atoms with Crippen LogP contribution in [0.4, 0.5) is 9.52 Å². The van der Waals surface area contributed by atoms with Gasteiger partial charge in [0.1, 0.15) is 10.7 Å². The van der Waals surface area contributed by atoms with E-state index in [0.717, 1.165) is 43.6 Å². The van der Waals surface area contributed by atoms with Crippen LogP contribution in [0.3, 0.4) is 0 Å². The van der Waals surface area contributed by atoms with E-state index in [0.29, 0.717) is 28.8 Å². The van der Waals surface area contributed by atoms with Crippen molar-refractivity contribution in [3.8, 4) is 0 Å². The van der Waals surface area contributed by atoms with E-state index < -0.39 is 0 Å². The maximum absolute atomic E-state index is 13.8. The normalized spacial score (nSPS) is 17.7. The summed E-state index contributed by atoms with van der Waals surface area (Å²) in [6.45, 7) is 3.49. The van der Waals surface area contributed by atoms with E-state index in [-0.39, 0.29) is 11.7 Å². The van der Waals surface area contributed by atoms with Gasteiger partial charge >= 0.3 is 0 Å². The molecule has 1 saturated heterocycles. The number of nitrogens with two attached hydrogens (primary N) is 1. The van der Waals surface area contributed by atoms with Crippen molar-refractivity contribution in [2.24, 2.45) is 5.92 Å². The minimum Gasteiger partial charge on any atom is -0.375 e. The molecule has 25 heavy (non-hydrogen) atoms. The van der Waals surface area contributed by atoms with Crippen LogP contribution >= 0.6 is 11.3 Å². The molecule has 4 nitrogen and oxygen atoms in total. The predicted octanol–water partition coefficient (Wildman–Crippen LogP) is 3.91. The zero-order chi connectivity index (χ0) is 17.8. The van der Waals surface area contributed by atoms with Crippen molar-refractivity contribution in [1.29, 1.82) is 0 Å². The number of anilines is 1. The number of nitrogens with zero attached hydrogens (tertiary/aromatic N) is 2. The number of amides is 1. The quantitative estimate of drug-likeness (QED) is 0.878. The summed E-state index contributed by atoms with van der Waals surface area (Å²) in [5.74, 6) is 0.313. The van der Waals surface area contributed by atoms with E-state index in [9.17, 15) is 9.18 Å². The zero-order valence-electron chi connectivity index (χ0n) is 14.5. The van der Waals surface area contributed by atoms with Gasteiger partial charge in [0.2, 0.25) is 0 Å². The van der Waals surface area contributed by atoms with Crippen molar-refractivity contribution in [3.05, 3.63) is 46.2 Å². The number of thiazole rings is 1. The fourth-order valence-corrected chi connectivity index (χ4v) is 4.36. The number of benzene rings is 1. The summed E-state index contributed by atoms with van der Waals surface area (Å²) in [7, 11) is 0. The molecule has 2 N–H and O–H groups in total. The number of carbonyl (C=O) groups excluding carboxylic acids is 1. The minimum absolute atomic E-state index is 0.0432. The van der Waals surface area contributed by atoms with Crippen LogP contribution in [0.5, 0.6) is 0 Å². The van der Waals surface area contributed by atoms with Crippen LogP contribution in [0.25, 0.3) is 0 Å². The highest BCUT2D eigenvalue weighted by atomic mass is 32.1. The lowest BCUT2D eigenvalue weighted by molar-refractivity contribution is 0.0672. The zero-order valence-corrected chi connectivity index (χ0v) is 15.3. The third kappa shape index (κ3) is 4.18. The molecule has 6 heteroatoms. The van der Waals surface area contributed by atoms with Crippen molar-refractivity contribution >= 4 is 22.4 Å². The highest BCUT2D eigenvalue weighted by Crippen LogP contribution is 2.27. The highest BCUT2D eigenvalue weighted by molar-refractivity contribution is 7.17. The van der Waals surface area contributed by atoms with E-state index in [4.69, 9.17) is 5.73 Å². The van der Waals surface area contributed by atoms with Gasteiger partial charge in [0.15, 0.2) is 5.13 Å². The van der Waals surface area contributed by atoms with Crippen molar-refractivity contribution in [3.63, 3.8) is 0 Å². The van der Waals surface area contributed by atoms with Crippen LogP contribution in [-0.2, 0) is 12.8 Å². The van der Waals surface area contributed by atoms with Crippen LogP contribution < -0.4 is 5.73 Å². The Morgan fingerprint density at radius 1 is 1.44 bits per heavy atom. The molecular weight excluding hydrogens is 337 g/mol. The Morgan fingerprint density at radius 3 is 3.00 bits per heavy atom. The minimum atomic E-state index is -0.140. The van der Waals surface area contributed by atoms with Gasteiger partial charge in [-0.2, -0.15) is 0 Å². The molecule has 1 fully saturated rings. The Morgan fingerprint density at radius 2 is 2.24 bits per heavy atom. The van der Waals surface area contributed by atoms with Crippen molar-refractivity contribution in [2.75, 3.05) is 18.8 Å². The summed E-state index contributed by atoms with van der Waals surface area (Å²) < 4.78 is 13.8. The Labute approximate surface area is 151 Å². The van der Waals surface area contributed by atoms with Crippen molar-refractivity contribution < 1.29 is 9.18 Å². The molecule has 2 heterocycles. The van der Waals surface area contributed by atoms with Gasteiger partial charge in [-0.3, -0.25) is 4.79 Å². The molecule has 1 aliphatic rings. The largest absolute Gasteiger partial charge is 0.375 e. The second kappa shape index (κ2) is 7.95. The smallest absolute Gasteiger partial charge is 0.265 e. The first kappa shape index (κ1) is 17.9. The van der Waals surface area contributed by atoms with Crippen molar-refractivity contribution in [2.45, 2.75) is 39.0 Å². The molecule has 1 aromatic heterocycles. The molecule has 0 spiro atoms. The third-order valence-corrected chi connectivity index (χ3v) is 5.74. The van der Waals surface area contributed by atoms with Gasteiger partial charge in [0.05, 0.1) is 5.69 Å². The molecule has 0 saturated carbocycles. The number of nitrogen functional groups attached to an aromatic ring is 1. The molecule has 1 aliphatic heterocycles. The predicted molar refractivity (Wildman–Crippen MR) is 99.3 cm³/mol. The number of piperidine rings is 1. The van der Waals surface area contributed by atoms with Gasteiger partial charge in [0, 0.05) is 13.1 Å². The fourth-order valence-electron chi connectivity index (χ4n) is 3.47. The third-order valence-electron chi connectivity index (χ3n) is 4.83.